The van der Waals surface area contributed by atoms with Gasteiger partial charge in [0, 0.05) is 18.7 Å². The normalized spacial score (nSPS) is 17.9. The van der Waals surface area contributed by atoms with Crippen molar-refractivity contribution in [1.29, 1.82) is 0 Å². The number of hydrogen-bond acceptors (Lipinski definition) is 3. The third-order valence-electron chi connectivity index (χ3n) is 2.77. The van der Waals surface area contributed by atoms with Gasteiger partial charge in [0.1, 0.15) is 0 Å². The highest BCUT2D eigenvalue weighted by molar-refractivity contribution is 7.99. The Hall–Kier alpha value is -0.970. The van der Waals surface area contributed by atoms with Crippen molar-refractivity contribution >= 4 is 17.7 Å². The van der Waals surface area contributed by atoms with Crippen LogP contribution in [0.25, 0.3) is 0 Å². The fourth-order valence-corrected chi connectivity index (χ4v) is 3.07. The number of carbonyl (C=O) groups is 1. The van der Waals surface area contributed by atoms with E-state index < -0.39 is 5.97 Å². The van der Waals surface area contributed by atoms with E-state index in [0.717, 1.165) is 30.0 Å². The number of hydrogen-bond donors (Lipinski definition) is 1. The molecular formula is C10H14N2O2S. The van der Waals surface area contributed by atoms with Gasteiger partial charge in [-0.2, -0.15) is 16.9 Å². The number of carboxylic acid groups (broad SMARTS) is 1. The van der Waals surface area contributed by atoms with E-state index in [-0.39, 0.29) is 5.69 Å². The number of aromatic carboxylic acids is 1. The molecule has 0 aliphatic carbocycles. The summed E-state index contributed by atoms with van der Waals surface area (Å²) in [5.74, 6) is 1.87. The van der Waals surface area contributed by atoms with Crippen LogP contribution in [0.4, 0.5) is 0 Å². The Morgan fingerprint density at radius 1 is 1.60 bits per heavy atom. The maximum absolute atomic E-state index is 10.8. The zero-order valence-electron chi connectivity index (χ0n) is 8.64. The molecule has 1 saturated heterocycles. The fraction of sp³-hybridized carbons (Fsp3) is 0.600. The van der Waals surface area contributed by atoms with E-state index in [1.165, 1.54) is 0 Å². The number of nitrogens with zero attached hydrogens (tertiary/aromatic N) is 2. The molecule has 4 nitrogen and oxygen atoms in total. The van der Waals surface area contributed by atoms with Crippen LogP contribution in [0.2, 0.25) is 0 Å². The Morgan fingerprint density at radius 3 is 2.80 bits per heavy atom. The minimum atomic E-state index is -0.943. The van der Waals surface area contributed by atoms with Gasteiger partial charge in [0.2, 0.25) is 0 Å². The van der Waals surface area contributed by atoms with E-state index in [1.807, 2.05) is 18.8 Å². The van der Waals surface area contributed by atoms with E-state index in [1.54, 1.807) is 10.7 Å². The maximum atomic E-state index is 10.8. The SMILES string of the molecule is Cn1nc(C(=O)O)cc1C1CCSCC1. The first kappa shape index (κ1) is 10.5. The van der Waals surface area contributed by atoms with Gasteiger partial charge in [0.15, 0.2) is 5.69 Å². The number of rotatable bonds is 2. The van der Waals surface area contributed by atoms with E-state index in [2.05, 4.69) is 5.10 Å². The molecule has 0 unspecified atom stereocenters. The van der Waals surface area contributed by atoms with E-state index in [4.69, 9.17) is 5.11 Å². The second-order valence-corrected chi connectivity index (χ2v) is 4.99. The largest absolute Gasteiger partial charge is 0.476 e. The molecule has 0 aromatic carbocycles. The quantitative estimate of drug-likeness (QED) is 0.834. The average molecular weight is 226 g/mol. The van der Waals surface area contributed by atoms with Crippen LogP contribution in [-0.4, -0.2) is 32.4 Å². The molecular weight excluding hydrogens is 212 g/mol. The van der Waals surface area contributed by atoms with Crippen molar-refractivity contribution in [2.45, 2.75) is 18.8 Å². The molecule has 0 amide bonds. The zero-order chi connectivity index (χ0) is 10.8. The summed E-state index contributed by atoms with van der Waals surface area (Å²) >= 11 is 1.97. The van der Waals surface area contributed by atoms with Crippen molar-refractivity contribution in [3.05, 3.63) is 17.5 Å². The van der Waals surface area contributed by atoms with E-state index >= 15 is 0 Å². The molecule has 15 heavy (non-hydrogen) atoms. The van der Waals surface area contributed by atoms with Crippen LogP contribution >= 0.6 is 11.8 Å². The molecule has 0 spiro atoms. The van der Waals surface area contributed by atoms with Crippen LogP contribution < -0.4 is 0 Å². The minimum absolute atomic E-state index is 0.158. The lowest BCUT2D eigenvalue weighted by molar-refractivity contribution is 0.0689. The van der Waals surface area contributed by atoms with Crippen LogP contribution in [0.15, 0.2) is 6.07 Å². The zero-order valence-corrected chi connectivity index (χ0v) is 9.46. The molecule has 1 aromatic heterocycles. The van der Waals surface area contributed by atoms with E-state index in [0.29, 0.717) is 5.92 Å². The molecule has 82 valence electrons. The smallest absolute Gasteiger partial charge is 0.356 e. The summed E-state index contributed by atoms with van der Waals surface area (Å²) in [5, 5.41) is 12.8. The van der Waals surface area contributed by atoms with Crippen LogP contribution in [0, 0.1) is 0 Å². The van der Waals surface area contributed by atoms with Crippen LogP contribution in [0.3, 0.4) is 0 Å². The lowest BCUT2D eigenvalue weighted by Crippen LogP contribution is -2.11. The van der Waals surface area contributed by atoms with Gasteiger partial charge in [-0.25, -0.2) is 4.79 Å². The lowest BCUT2D eigenvalue weighted by Gasteiger charge is -2.21. The second-order valence-electron chi connectivity index (χ2n) is 3.77. The summed E-state index contributed by atoms with van der Waals surface area (Å²) in [6.45, 7) is 0. The van der Waals surface area contributed by atoms with Gasteiger partial charge in [-0.15, -0.1) is 0 Å². The van der Waals surface area contributed by atoms with Gasteiger partial charge in [0.05, 0.1) is 0 Å². The highest BCUT2D eigenvalue weighted by atomic mass is 32.2. The first-order valence-corrected chi connectivity index (χ1v) is 6.19. The van der Waals surface area contributed by atoms with Crippen molar-refractivity contribution < 1.29 is 9.90 Å². The second kappa shape index (κ2) is 4.26. The first-order valence-electron chi connectivity index (χ1n) is 5.03. The monoisotopic (exact) mass is 226 g/mol. The van der Waals surface area contributed by atoms with Crippen LogP contribution in [0.5, 0.6) is 0 Å². The number of aromatic nitrogens is 2. The molecule has 1 N–H and O–H groups in total. The van der Waals surface area contributed by atoms with Crippen molar-refractivity contribution in [2.75, 3.05) is 11.5 Å². The Labute approximate surface area is 92.7 Å². The molecule has 2 rings (SSSR count). The Balaban J connectivity index is 2.22. The van der Waals surface area contributed by atoms with Gasteiger partial charge in [-0.3, -0.25) is 4.68 Å². The van der Waals surface area contributed by atoms with Gasteiger partial charge >= 0.3 is 5.97 Å². The predicted molar refractivity (Wildman–Crippen MR) is 59.5 cm³/mol. The number of thioether (sulfide) groups is 1. The molecule has 1 fully saturated rings. The fourth-order valence-electron chi connectivity index (χ4n) is 1.96. The third-order valence-corrected chi connectivity index (χ3v) is 3.82. The lowest BCUT2D eigenvalue weighted by atomic mass is 9.98. The number of carboxylic acids is 1. The first-order chi connectivity index (χ1) is 7.18. The standard InChI is InChI=1S/C10H14N2O2S/c1-12-9(6-8(11-12)10(13)14)7-2-4-15-5-3-7/h6-7H,2-5H2,1H3,(H,13,14). The van der Waals surface area contributed by atoms with Crippen LogP contribution in [-0.2, 0) is 7.05 Å². The molecule has 0 radical (unpaired) electrons. The summed E-state index contributed by atoms with van der Waals surface area (Å²) in [6, 6.07) is 1.71. The highest BCUT2D eigenvalue weighted by Crippen LogP contribution is 2.31. The summed E-state index contributed by atoms with van der Waals surface area (Å²) in [5.41, 5.74) is 1.22. The predicted octanol–water partition coefficient (Wildman–Crippen LogP) is 1.73. The van der Waals surface area contributed by atoms with Crippen molar-refractivity contribution in [2.24, 2.45) is 7.05 Å². The van der Waals surface area contributed by atoms with Crippen molar-refractivity contribution in [3.63, 3.8) is 0 Å². The minimum Gasteiger partial charge on any atom is -0.476 e. The summed E-state index contributed by atoms with van der Waals surface area (Å²) < 4.78 is 1.71. The van der Waals surface area contributed by atoms with Gasteiger partial charge in [-0.05, 0) is 30.4 Å². The molecule has 0 bridgehead atoms. The van der Waals surface area contributed by atoms with Gasteiger partial charge in [0.25, 0.3) is 0 Å². The molecule has 0 saturated carbocycles. The number of aryl methyl sites for hydroxylation is 1. The highest BCUT2D eigenvalue weighted by Gasteiger charge is 2.21. The summed E-state index contributed by atoms with van der Waals surface area (Å²) in [4.78, 5) is 10.8. The molecule has 2 heterocycles. The van der Waals surface area contributed by atoms with Crippen molar-refractivity contribution in [3.8, 4) is 0 Å². The molecule has 5 heteroatoms. The molecule has 1 aromatic rings. The molecule has 1 aliphatic heterocycles. The Morgan fingerprint density at radius 2 is 2.27 bits per heavy atom. The van der Waals surface area contributed by atoms with Crippen molar-refractivity contribution in [1.82, 2.24) is 9.78 Å². The van der Waals surface area contributed by atoms with Gasteiger partial charge < -0.3 is 5.11 Å². The van der Waals surface area contributed by atoms with Crippen LogP contribution in [0.1, 0.15) is 34.9 Å². The Kier molecular flexibility index (Phi) is 3.00. The Bertz CT molecular complexity index is 369. The maximum Gasteiger partial charge on any atom is 0.356 e. The average Bonchev–Trinajstić information content (AvgIpc) is 2.62. The summed E-state index contributed by atoms with van der Waals surface area (Å²) in [7, 11) is 1.82. The topological polar surface area (TPSA) is 55.1 Å². The summed E-state index contributed by atoms with van der Waals surface area (Å²) in [6.07, 6.45) is 2.26. The third kappa shape index (κ3) is 2.17. The van der Waals surface area contributed by atoms with E-state index in [9.17, 15) is 4.79 Å². The molecule has 0 atom stereocenters. The molecule has 1 aliphatic rings. The van der Waals surface area contributed by atoms with Gasteiger partial charge in [-0.1, -0.05) is 0 Å².